The van der Waals surface area contributed by atoms with Crippen LogP contribution in [0.15, 0.2) is 12.7 Å². The zero-order chi connectivity index (χ0) is 9.03. The van der Waals surface area contributed by atoms with Crippen LogP contribution < -0.4 is 0 Å². The van der Waals surface area contributed by atoms with Gasteiger partial charge in [0.05, 0.1) is 13.2 Å². The maximum atomic E-state index is 9.28. The molecule has 1 fully saturated rings. The first-order valence-corrected chi connectivity index (χ1v) is 6.58. The highest BCUT2D eigenvalue weighted by molar-refractivity contribution is 8.12. The molecule has 1 heterocycles. The fraction of sp³-hybridized carbons (Fsp3) is 0.600. The van der Waals surface area contributed by atoms with Crippen molar-refractivity contribution in [1.29, 1.82) is 0 Å². The van der Waals surface area contributed by atoms with Gasteiger partial charge in [0.15, 0.2) is 5.44 Å². The molecule has 1 N–H and O–H groups in total. The van der Waals surface area contributed by atoms with Crippen LogP contribution in [0, 0.1) is 0 Å². The van der Waals surface area contributed by atoms with Crippen LogP contribution in [0.4, 0.5) is 0 Å². The number of ether oxygens (including phenoxy) is 1. The van der Waals surface area contributed by atoms with Gasteiger partial charge in [-0.1, -0.05) is 6.08 Å². The topological polar surface area (TPSA) is 51.2 Å². The van der Waals surface area contributed by atoms with Crippen LogP contribution in [0.2, 0.25) is 0 Å². The number of hydrogen-bond donors (Lipinski definition) is 1. The first-order chi connectivity index (χ1) is 5.64. The number of rotatable bonds is 6. The third-order valence-corrected chi connectivity index (χ3v) is 3.83. The van der Waals surface area contributed by atoms with Crippen molar-refractivity contribution < 1.29 is 18.1 Å². The van der Waals surface area contributed by atoms with Gasteiger partial charge in [0.1, 0.15) is 0 Å². The smallest absolute Gasteiger partial charge is 0.336 e. The zero-order valence-corrected chi connectivity index (χ0v) is 8.74. The maximum absolute atomic E-state index is 9.28. The molecule has 2 unspecified atom stereocenters. The van der Waals surface area contributed by atoms with Gasteiger partial charge in [-0.25, -0.2) is 3.97 Å². The molecule has 7 heteroatoms. The Morgan fingerprint density at radius 2 is 2.58 bits per heavy atom. The van der Waals surface area contributed by atoms with E-state index in [4.69, 9.17) is 13.2 Å². The van der Waals surface area contributed by atoms with E-state index in [1.807, 2.05) is 0 Å². The summed E-state index contributed by atoms with van der Waals surface area (Å²) in [5.41, 5.74) is 0.00630. The fourth-order valence-electron chi connectivity index (χ4n) is 0.366. The van der Waals surface area contributed by atoms with E-state index in [-0.39, 0.29) is 12.0 Å². The molecule has 1 aliphatic heterocycles. The molecule has 0 saturated carbocycles. The summed E-state index contributed by atoms with van der Waals surface area (Å²) in [5, 5.41) is 0. The largest absolute Gasteiger partial charge is 0.359 e. The lowest BCUT2D eigenvalue weighted by Gasteiger charge is -2.11. The summed E-state index contributed by atoms with van der Waals surface area (Å²) >= 11 is 5.67. The summed E-state index contributed by atoms with van der Waals surface area (Å²) in [5.74, 6) is 0. The fourth-order valence-corrected chi connectivity index (χ4v) is 2.34. The summed E-state index contributed by atoms with van der Waals surface area (Å²) in [7, 11) is 0. The van der Waals surface area contributed by atoms with E-state index >= 15 is 0 Å². The van der Waals surface area contributed by atoms with Gasteiger partial charge in [0.25, 0.3) is 0 Å². The van der Waals surface area contributed by atoms with Crippen molar-refractivity contribution in [3.63, 3.8) is 0 Å². The minimum atomic E-state index is -3.08. The van der Waals surface area contributed by atoms with Crippen molar-refractivity contribution in [2.75, 3.05) is 13.2 Å². The van der Waals surface area contributed by atoms with Crippen molar-refractivity contribution in [2.45, 2.75) is 5.44 Å². The van der Waals surface area contributed by atoms with Gasteiger partial charge in [-0.15, -0.1) is 6.58 Å². The predicted molar refractivity (Wildman–Crippen MR) is 51.1 cm³/mol. The van der Waals surface area contributed by atoms with Crippen LogP contribution >= 0.6 is 18.8 Å². The predicted octanol–water partition coefficient (Wildman–Crippen LogP) is 1.43. The molecular weight excluding hydrogens is 219 g/mol. The molecule has 70 valence electrons. The van der Waals surface area contributed by atoms with E-state index in [0.29, 0.717) is 6.61 Å². The number of epoxide rings is 1. The molecule has 0 aromatic rings. The van der Waals surface area contributed by atoms with Crippen LogP contribution in [0.25, 0.3) is 0 Å². The Morgan fingerprint density at radius 3 is 3.08 bits per heavy atom. The highest BCUT2D eigenvalue weighted by Crippen LogP contribution is 2.49. The van der Waals surface area contributed by atoms with Gasteiger partial charge in [0, 0.05) is 12.0 Å². The molecule has 12 heavy (non-hydrogen) atoms. The van der Waals surface area contributed by atoms with Crippen LogP contribution in [-0.4, -0.2) is 23.5 Å². The van der Waals surface area contributed by atoms with Gasteiger partial charge in [-0.05, 0) is 11.8 Å². The third kappa shape index (κ3) is 4.57. The quantitative estimate of drug-likeness (QED) is 0.321. The van der Waals surface area contributed by atoms with Gasteiger partial charge in [-0.3, -0.25) is 0 Å². The molecule has 0 aromatic heterocycles. The summed E-state index contributed by atoms with van der Waals surface area (Å²) in [4.78, 5) is 9.28. The van der Waals surface area contributed by atoms with Crippen LogP contribution in [0.1, 0.15) is 0 Å². The first-order valence-electron chi connectivity index (χ1n) is 3.19. The van der Waals surface area contributed by atoms with E-state index < -0.39 is 6.72 Å². The molecule has 1 saturated heterocycles. The van der Waals surface area contributed by atoms with E-state index in [1.165, 1.54) is 6.08 Å². The highest BCUT2D eigenvalue weighted by atomic mass is 32.5. The SMILES string of the molecule is C=CCOP(O)(=S)OSC1CO1. The van der Waals surface area contributed by atoms with Crippen LogP contribution in [-0.2, 0) is 25.0 Å². The second-order valence-corrected chi connectivity index (χ2v) is 5.88. The van der Waals surface area contributed by atoms with E-state index in [2.05, 4.69) is 18.4 Å². The van der Waals surface area contributed by atoms with Gasteiger partial charge in [0.2, 0.25) is 0 Å². The molecular formula is C5H9O4PS2. The van der Waals surface area contributed by atoms with Gasteiger partial charge < -0.3 is 14.2 Å². The lowest BCUT2D eigenvalue weighted by Crippen LogP contribution is -1.90. The Kier molecular flexibility index (Phi) is 4.19. The van der Waals surface area contributed by atoms with Crippen molar-refractivity contribution in [3.05, 3.63) is 12.7 Å². The second-order valence-electron chi connectivity index (χ2n) is 1.99. The first kappa shape index (κ1) is 10.7. The van der Waals surface area contributed by atoms with Gasteiger partial charge >= 0.3 is 6.72 Å². The zero-order valence-electron chi connectivity index (χ0n) is 6.21. The van der Waals surface area contributed by atoms with Crippen molar-refractivity contribution in [3.8, 4) is 0 Å². The highest BCUT2D eigenvalue weighted by Gasteiger charge is 2.28. The molecule has 1 rings (SSSR count). The third-order valence-electron chi connectivity index (χ3n) is 0.903. The Balaban J connectivity index is 2.16. The lowest BCUT2D eigenvalue weighted by atomic mass is 10.7. The summed E-state index contributed by atoms with van der Waals surface area (Å²) < 4.78 is 14.5. The summed E-state index contributed by atoms with van der Waals surface area (Å²) in [6, 6.07) is 0. The molecule has 2 atom stereocenters. The van der Waals surface area contributed by atoms with Crippen molar-refractivity contribution >= 4 is 30.6 Å². The Bertz CT molecular complexity index is 206. The molecule has 0 aromatic carbocycles. The van der Waals surface area contributed by atoms with Gasteiger partial charge in [-0.2, -0.15) is 0 Å². The average molecular weight is 228 g/mol. The maximum Gasteiger partial charge on any atom is 0.336 e. The molecule has 0 aliphatic carbocycles. The Morgan fingerprint density at radius 1 is 1.92 bits per heavy atom. The molecule has 0 bridgehead atoms. The van der Waals surface area contributed by atoms with E-state index in [9.17, 15) is 4.89 Å². The molecule has 0 spiro atoms. The Hall–Kier alpha value is 0.580. The average Bonchev–Trinajstić information content (AvgIpc) is 2.81. The molecule has 4 nitrogen and oxygen atoms in total. The monoisotopic (exact) mass is 228 g/mol. The lowest BCUT2D eigenvalue weighted by molar-refractivity contribution is 0.295. The Labute approximate surface area is 80.4 Å². The van der Waals surface area contributed by atoms with Crippen molar-refractivity contribution in [1.82, 2.24) is 0 Å². The summed E-state index contributed by atoms with van der Waals surface area (Å²) in [6.07, 6.45) is 1.50. The number of hydrogen-bond acceptors (Lipinski definition) is 5. The van der Waals surface area contributed by atoms with E-state index in [0.717, 1.165) is 12.0 Å². The minimum Gasteiger partial charge on any atom is -0.359 e. The summed E-state index contributed by atoms with van der Waals surface area (Å²) in [6.45, 7) is 1.18. The molecule has 1 aliphatic rings. The standard InChI is InChI=1S/C5H9O4PS2/c1-2-3-8-10(6,11)9-12-5-4-7-5/h2,5H,1,3-4H2,(H,6,11). The second kappa shape index (κ2) is 4.72. The normalized spacial score (nSPS) is 26.2. The van der Waals surface area contributed by atoms with Crippen LogP contribution in [0.3, 0.4) is 0 Å². The minimum absolute atomic E-state index is 0.00630. The molecule has 0 amide bonds. The molecule has 0 radical (unpaired) electrons. The van der Waals surface area contributed by atoms with E-state index in [1.54, 1.807) is 0 Å². The van der Waals surface area contributed by atoms with Crippen LogP contribution in [0.5, 0.6) is 0 Å². The van der Waals surface area contributed by atoms with Crippen molar-refractivity contribution in [2.24, 2.45) is 0 Å².